The maximum atomic E-state index is 12.5. The molecule has 7 heteroatoms. The summed E-state index contributed by atoms with van der Waals surface area (Å²) in [5.41, 5.74) is 3.79. The van der Waals surface area contributed by atoms with Crippen molar-refractivity contribution in [3.63, 3.8) is 0 Å². The van der Waals surface area contributed by atoms with Crippen LogP contribution in [-0.2, 0) is 9.59 Å². The predicted octanol–water partition coefficient (Wildman–Crippen LogP) is 3.35. The molecule has 1 aliphatic heterocycles. The molecule has 1 fully saturated rings. The first-order chi connectivity index (χ1) is 12.2. The number of carbonyl (C=O) groups is 2. The van der Waals surface area contributed by atoms with Gasteiger partial charge in [0, 0.05) is 36.2 Å². The molecule has 2 aromatic rings. The van der Waals surface area contributed by atoms with E-state index in [0.717, 1.165) is 22.6 Å². The van der Waals surface area contributed by atoms with Gasteiger partial charge in [-0.1, -0.05) is 11.6 Å². The number of hydrogen-bond donors (Lipinski definition) is 0. The molecule has 134 valence electrons. The highest BCUT2D eigenvalue weighted by Gasteiger charge is 2.35. The van der Waals surface area contributed by atoms with Crippen molar-refractivity contribution >= 4 is 46.8 Å². The van der Waals surface area contributed by atoms with Crippen LogP contribution < -0.4 is 0 Å². The van der Waals surface area contributed by atoms with Gasteiger partial charge in [-0.25, -0.2) is 0 Å². The molecule has 0 aliphatic carbocycles. The second-order valence-corrected chi connectivity index (χ2v) is 7.01. The van der Waals surface area contributed by atoms with Crippen molar-refractivity contribution in [3.05, 3.63) is 57.9 Å². The number of nitrogens with zero attached hydrogens (tertiary/aromatic N) is 3. The lowest BCUT2D eigenvalue weighted by Crippen LogP contribution is -2.52. The fourth-order valence-electron chi connectivity index (χ4n) is 3.05. The molecule has 2 heterocycles. The lowest BCUT2D eigenvalue weighted by molar-refractivity contribution is -0.132. The molecule has 5 nitrogen and oxygen atoms in total. The van der Waals surface area contributed by atoms with E-state index >= 15 is 0 Å². The molecule has 0 atom stereocenters. The van der Waals surface area contributed by atoms with E-state index in [0.29, 0.717) is 5.02 Å². The number of rotatable bonds is 2. The minimum atomic E-state index is -0.394. The van der Waals surface area contributed by atoms with Crippen LogP contribution in [0.1, 0.15) is 17.0 Å². The summed E-state index contributed by atoms with van der Waals surface area (Å²) in [5, 5.41) is 0.864. The van der Waals surface area contributed by atoms with E-state index in [-0.39, 0.29) is 10.7 Å². The quantitative estimate of drug-likeness (QED) is 0.451. The summed E-state index contributed by atoms with van der Waals surface area (Å²) in [6.45, 7) is 3.92. The number of carbonyl (C=O) groups excluding carboxylic acids is 2. The smallest absolute Gasteiger partial charge is 0.265 e. The monoisotopic (exact) mass is 387 g/mol. The molecule has 1 aliphatic rings. The Morgan fingerprint density at radius 2 is 1.54 bits per heavy atom. The average Bonchev–Trinajstić information content (AvgIpc) is 2.90. The van der Waals surface area contributed by atoms with Crippen molar-refractivity contribution < 1.29 is 9.59 Å². The molecular formula is C19H18ClN3O2S. The van der Waals surface area contributed by atoms with Gasteiger partial charge in [0.15, 0.2) is 5.11 Å². The zero-order chi connectivity index (χ0) is 19.2. The summed E-state index contributed by atoms with van der Waals surface area (Å²) >= 11 is 11.1. The third-order valence-corrected chi connectivity index (χ3v) is 5.30. The first-order valence-electron chi connectivity index (χ1n) is 7.99. The first kappa shape index (κ1) is 18.4. The van der Waals surface area contributed by atoms with Gasteiger partial charge in [0.1, 0.15) is 5.57 Å². The molecule has 2 amide bonds. The lowest BCUT2D eigenvalue weighted by atomic mass is 10.1. The van der Waals surface area contributed by atoms with E-state index in [4.69, 9.17) is 23.8 Å². The van der Waals surface area contributed by atoms with E-state index in [1.165, 1.54) is 9.80 Å². The van der Waals surface area contributed by atoms with Gasteiger partial charge in [-0.05, 0) is 68.0 Å². The molecule has 1 aromatic heterocycles. The van der Waals surface area contributed by atoms with Gasteiger partial charge in [-0.15, -0.1) is 0 Å². The largest absolute Gasteiger partial charge is 0.318 e. The number of hydrogen-bond acceptors (Lipinski definition) is 3. The summed E-state index contributed by atoms with van der Waals surface area (Å²) in [4.78, 5) is 27.6. The molecule has 26 heavy (non-hydrogen) atoms. The molecule has 0 unspecified atom stereocenters. The number of aromatic nitrogens is 1. The van der Waals surface area contributed by atoms with Gasteiger partial charge < -0.3 is 4.57 Å². The van der Waals surface area contributed by atoms with Crippen molar-refractivity contribution in [2.45, 2.75) is 13.8 Å². The molecule has 0 N–H and O–H groups in total. The number of benzene rings is 1. The Hall–Kier alpha value is -2.44. The van der Waals surface area contributed by atoms with Gasteiger partial charge in [-0.3, -0.25) is 19.4 Å². The maximum Gasteiger partial charge on any atom is 0.265 e. The van der Waals surface area contributed by atoms with Crippen molar-refractivity contribution in [2.75, 3.05) is 14.1 Å². The fraction of sp³-hybridized carbons (Fsp3) is 0.211. The number of thiocarbonyl (C=S) groups is 1. The van der Waals surface area contributed by atoms with Crippen LogP contribution in [0.4, 0.5) is 0 Å². The molecule has 3 rings (SSSR count). The van der Waals surface area contributed by atoms with E-state index in [1.807, 2.05) is 44.2 Å². The van der Waals surface area contributed by atoms with Gasteiger partial charge in [0.05, 0.1) is 0 Å². The Balaban J connectivity index is 2.08. The molecule has 0 spiro atoms. The summed E-state index contributed by atoms with van der Waals surface area (Å²) in [6.07, 6.45) is 1.63. The van der Waals surface area contributed by atoms with Crippen molar-refractivity contribution in [2.24, 2.45) is 0 Å². The number of likely N-dealkylation sites (N-methyl/N-ethyl adjacent to an activating group) is 2. The topological polar surface area (TPSA) is 45.6 Å². The van der Waals surface area contributed by atoms with Gasteiger partial charge in [-0.2, -0.15) is 0 Å². The Kier molecular flexibility index (Phi) is 4.73. The van der Waals surface area contributed by atoms with E-state index in [1.54, 1.807) is 20.2 Å². The minimum Gasteiger partial charge on any atom is -0.318 e. The van der Waals surface area contributed by atoms with Crippen molar-refractivity contribution in [1.29, 1.82) is 0 Å². The maximum absolute atomic E-state index is 12.5. The summed E-state index contributed by atoms with van der Waals surface area (Å²) in [5.74, 6) is -0.788. The van der Waals surface area contributed by atoms with E-state index in [2.05, 4.69) is 4.57 Å². The molecule has 0 radical (unpaired) electrons. The Labute approximate surface area is 162 Å². The van der Waals surface area contributed by atoms with Crippen LogP contribution in [0.5, 0.6) is 0 Å². The van der Waals surface area contributed by atoms with Gasteiger partial charge in [0.25, 0.3) is 11.8 Å². The van der Waals surface area contributed by atoms with E-state index < -0.39 is 11.8 Å². The van der Waals surface area contributed by atoms with E-state index in [9.17, 15) is 9.59 Å². The van der Waals surface area contributed by atoms with Crippen molar-refractivity contribution in [3.8, 4) is 5.69 Å². The number of halogens is 1. The molecular weight excluding hydrogens is 370 g/mol. The summed E-state index contributed by atoms with van der Waals surface area (Å²) < 4.78 is 2.05. The predicted molar refractivity (Wildman–Crippen MR) is 106 cm³/mol. The number of amides is 2. The van der Waals surface area contributed by atoms with Crippen LogP contribution in [0.3, 0.4) is 0 Å². The van der Waals surface area contributed by atoms with Crippen LogP contribution in [0, 0.1) is 13.8 Å². The third kappa shape index (κ3) is 2.95. The lowest BCUT2D eigenvalue weighted by Gasteiger charge is -2.31. The zero-order valence-corrected chi connectivity index (χ0v) is 16.5. The Bertz CT molecular complexity index is 934. The Morgan fingerprint density at radius 3 is 2.08 bits per heavy atom. The normalized spacial score (nSPS) is 15.1. The molecule has 1 aromatic carbocycles. The number of aryl methyl sites for hydroxylation is 1. The molecule has 0 bridgehead atoms. The summed E-state index contributed by atoms with van der Waals surface area (Å²) in [6, 6.07) is 9.46. The van der Waals surface area contributed by atoms with Gasteiger partial charge in [0.2, 0.25) is 0 Å². The second kappa shape index (κ2) is 6.70. The fourth-order valence-corrected chi connectivity index (χ4v) is 3.34. The van der Waals surface area contributed by atoms with Crippen LogP contribution in [-0.4, -0.2) is 45.4 Å². The van der Waals surface area contributed by atoms with Crippen LogP contribution in [0.25, 0.3) is 11.8 Å². The SMILES string of the molecule is Cc1cc(C=C2C(=O)N(C)C(=S)N(C)C2=O)c(C)n1-c1ccc(Cl)cc1. The third-order valence-electron chi connectivity index (χ3n) is 4.50. The van der Waals surface area contributed by atoms with Crippen LogP contribution in [0.2, 0.25) is 5.02 Å². The second-order valence-electron chi connectivity index (χ2n) is 6.21. The van der Waals surface area contributed by atoms with Gasteiger partial charge >= 0.3 is 0 Å². The van der Waals surface area contributed by atoms with Crippen LogP contribution >= 0.6 is 23.8 Å². The minimum absolute atomic E-state index is 0.0972. The first-order valence-corrected chi connectivity index (χ1v) is 8.77. The molecule has 1 saturated heterocycles. The highest BCUT2D eigenvalue weighted by Crippen LogP contribution is 2.25. The highest BCUT2D eigenvalue weighted by atomic mass is 35.5. The summed E-state index contributed by atoms with van der Waals surface area (Å²) in [7, 11) is 3.14. The van der Waals surface area contributed by atoms with Crippen LogP contribution in [0.15, 0.2) is 35.9 Å². The standard InChI is InChI=1S/C19H18ClN3O2S/c1-11-9-13(12(2)23(11)15-7-5-14(20)6-8-15)10-16-17(24)21(3)19(26)22(4)18(16)25/h5-10H,1-4H3. The molecule has 0 saturated carbocycles. The Morgan fingerprint density at radius 1 is 1.00 bits per heavy atom. The zero-order valence-electron chi connectivity index (χ0n) is 14.9. The van der Waals surface area contributed by atoms with Crippen molar-refractivity contribution in [1.82, 2.24) is 14.4 Å². The average molecular weight is 388 g/mol. The highest BCUT2D eigenvalue weighted by molar-refractivity contribution is 7.80.